The summed E-state index contributed by atoms with van der Waals surface area (Å²) in [5, 5.41) is 10.5. The normalized spacial score (nSPS) is 20.0. The smallest absolute Gasteiger partial charge is 0.254 e. The lowest BCUT2D eigenvalue weighted by Crippen LogP contribution is -2.41. The Hall–Kier alpha value is -2.38. The molecule has 140 valence electrons. The molecule has 0 aliphatic carbocycles. The van der Waals surface area contributed by atoms with Gasteiger partial charge in [0.15, 0.2) is 0 Å². The molecule has 1 aliphatic heterocycles. The first-order valence-corrected chi connectivity index (χ1v) is 8.85. The Bertz CT molecular complexity index is 743. The van der Waals surface area contributed by atoms with Crippen LogP contribution in [0.2, 0.25) is 0 Å². The lowest BCUT2D eigenvalue weighted by Gasteiger charge is -2.26. The zero-order valence-electron chi connectivity index (χ0n) is 15.5. The van der Waals surface area contributed by atoms with Gasteiger partial charge in [0.05, 0.1) is 25.8 Å². The number of methoxy groups -OCH3 is 1. The summed E-state index contributed by atoms with van der Waals surface area (Å²) in [6, 6.07) is 6.94. The minimum absolute atomic E-state index is 0.0716. The number of imidazole rings is 1. The molecular formula is C19H26N4O3. The molecule has 0 saturated carbocycles. The molecule has 1 aliphatic rings. The number of benzene rings is 1. The zero-order valence-corrected chi connectivity index (χ0v) is 15.5. The lowest BCUT2D eigenvalue weighted by atomic mass is 10.2. The van der Waals surface area contributed by atoms with Crippen LogP contribution in [0.15, 0.2) is 36.7 Å². The number of likely N-dealkylation sites (N-methyl/N-ethyl adjacent to an activating group) is 1. The van der Waals surface area contributed by atoms with Crippen molar-refractivity contribution >= 4 is 5.91 Å². The van der Waals surface area contributed by atoms with Gasteiger partial charge in [-0.15, -0.1) is 0 Å². The van der Waals surface area contributed by atoms with Gasteiger partial charge in [-0.3, -0.25) is 9.69 Å². The van der Waals surface area contributed by atoms with Gasteiger partial charge in [-0.2, -0.15) is 0 Å². The van der Waals surface area contributed by atoms with E-state index in [9.17, 15) is 9.90 Å². The Morgan fingerprint density at radius 2 is 2.08 bits per heavy atom. The van der Waals surface area contributed by atoms with Crippen molar-refractivity contribution in [3.05, 3.63) is 48.0 Å². The molecular weight excluding hydrogens is 332 g/mol. The van der Waals surface area contributed by atoms with Crippen LogP contribution < -0.4 is 4.74 Å². The number of aliphatic hydroxyl groups is 1. The SMILES string of the molecule is CCn1ccnc1CN(C)[C@@H]1CN(C(=O)c2ccc(OC)cc2)C[C@H]1O. The number of carbonyl (C=O) groups excluding carboxylic acids is 1. The Balaban J connectivity index is 1.65. The van der Waals surface area contributed by atoms with Gasteiger partial charge in [0.25, 0.3) is 5.91 Å². The van der Waals surface area contributed by atoms with Crippen LogP contribution in [0.25, 0.3) is 0 Å². The minimum Gasteiger partial charge on any atom is -0.497 e. The van der Waals surface area contributed by atoms with Crippen LogP contribution in [0.5, 0.6) is 5.75 Å². The summed E-state index contributed by atoms with van der Waals surface area (Å²) in [6.07, 6.45) is 3.16. The molecule has 2 heterocycles. The van der Waals surface area contributed by atoms with Gasteiger partial charge in [-0.05, 0) is 38.2 Å². The van der Waals surface area contributed by atoms with E-state index in [2.05, 4.69) is 21.4 Å². The number of hydrogen-bond acceptors (Lipinski definition) is 5. The number of nitrogens with zero attached hydrogens (tertiary/aromatic N) is 4. The van der Waals surface area contributed by atoms with E-state index in [0.29, 0.717) is 30.9 Å². The number of rotatable bonds is 6. The Morgan fingerprint density at radius 1 is 1.35 bits per heavy atom. The summed E-state index contributed by atoms with van der Waals surface area (Å²) in [5.74, 6) is 1.60. The van der Waals surface area contributed by atoms with Crippen molar-refractivity contribution in [2.75, 3.05) is 27.2 Å². The highest BCUT2D eigenvalue weighted by Gasteiger charge is 2.37. The number of aromatic nitrogens is 2. The van der Waals surface area contributed by atoms with E-state index >= 15 is 0 Å². The number of likely N-dealkylation sites (tertiary alicyclic amines) is 1. The summed E-state index contributed by atoms with van der Waals surface area (Å²) < 4.78 is 7.21. The quantitative estimate of drug-likeness (QED) is 0.841. The second kappa shape index (κ2) is 7.88. The van der Waals surface area contributed by atoms with Crippen LogP contribution in [0.3, 0.4) is 0 Å². The molecule has 2 aromatic rings. The molecule has 26 heavy (non-hydrogen) atoms. The summed E-state index contributed by atoms with van der Waals surface area (Å²) in [7, 11) is 3.56. The fourth-order valence-corrected chi connectivity index (χ4v) is 3.40. The summed E-state index contributed by atoms with van der Waals surface area (Å²) in [5.41, 5.74) is 0.600. The minimum atomic E-state index is -0.577. The van der Waals surface area contributed by atoms with Crippen LogP contribution >= 0.6 is 0 Å². The number of amides is 1. The Morgan fingerprint density at radius 3 is 2.73 bits per heavy atom. The third-order valence-corrected chi connectivity index (χ3v) is 4.98. The van der Waals surface area contributed by atoms with Gasteiger partial charge in [0.1, 0.15) is 11.6 Å². The molecule has 0 radical (unpaired) electrons. The van der Waals surface area contributed by atoms with Crippen LogP contribution in [0.1, 0.15) is 23.1 Å². The first-order chi connectivity index (χ1) is 12.5. The molecule has 3 rings (SSSR count). The van der Waals surface area contributed by atoms with E-state index in [4.69, 9.17) is 4.74 Å². The van der Waals surface area contributed by atoms with Crippen molar-refractivity contribution in [1.82, 2.24) is 19.4 Å². The first kappa shape index (κ1) is 18.4. The highest BCUT2D eigenvalue weighted by atomic mass is 16.5. The van der Waals surface area contributed by atoms with Gasteiger partial charge in [-0.1, -0.05) is 0 Å². The lowest BCUT2D eigenvalue weighted by molar-refractivity contribution is 0.0762. The largest absolute Gasteiger partial charge is 0.497 e. The van der Waals surface area contributed by atoms with Crippen molar-refractivity contribution in [3.8, 4) is 5.75 Å². The average Bonchev–Trinajstić information content (AvgIpc) is 3.27. The summed E-state index contributed by atoms with van der Waals surface area (Å²) >= 11 is 0. The van der Waals surface area contributed by atoms with Gasteiger partial charge in [0.2, 0.25) is 0 Å². The van der Waals surface area contributed by atoms with Gasteiger partial charge in [0, 0.05) is 37.6 Å². The van der Waals surface area contributed by atoms with Crippen LogP contribution in [-0.4, -0.2) is 69.8 Å². The van der Waals surface area contributed by atoms with Crippen molar-refractivity contribution in [2.45, 2.75) is 32.2 Å². The molecule has 0 spiro atoms. The predicted molar refractivity (Wildman–Crippen MR) is 98.1 cm³/mol. The van der Waals surface area contributed by atoms with Crippen molar-refractivity contribution in [2.24, 2.45) is 0 Å². The maximum Gasteiger partial charge on any atom is 0.254 e. The topological polar surface area (TPSA) is 70.8 Å². The maximum atomic E-state index is 12.7. The fourth-order valence-electron chi connectivity index (χ4n) is 3.40. The van der Waals surface area contributed by atoms with Crippen LogP contribution in [0, 0.1) is 0 Å². The monoisotopic (exact) mass is 358 g/mol. The van der Waals surface area contributed by atoms with E-state index in [1.165, 1.54) is 0 Å². The third kappa shape index (κ3) is 3.73. The van der Waals surface area contributed by atoms with E-state index in [0.717, 1.165) is 12.4 Å². The van der Waals surface area contributed by atoms with Crippen molar-refractivity contribution in [1.29, 1.82) is 0 Å². The Labute approximate surface area is 153 Å². The molecule has 0 unspecified atom stereocenters. The summed E-state index contributed by atoms with van der Waals surface area (Å²) in [4.78, 5) is 20.9. The van der Waals surface area contributed by atoms with Crippen molar-refractivity contribution in [3.63, 3.8) is 0 Å². The molecule has 0 bridgehead atoms. The highest BCUT2D eigenvalue weighted by Crippen LogP contribution is 2.20. The molecule has 7 heteroatoms. The van der Waals surface area contributed by atoms with E-state index < -0.39 is 6.10 Å². The number of aliphatic hydroxyl groups excluding tert-OH is 1. The zero-order chi connectivity index (χ0) is 18.7. The standard InChI is InChI=1S/C19H26N4O3/c1-4-22-10-9-20-18(22)13-21(2)16-11-23(12-17(16)24)19(25)14-5-7-15(26-3)8-6-14/h5-10,16-17,24H,4,11-13H2,1-3H3/t16-,17-/m1/s1. The molecule has 2 atom stereocenters. The molecule has 1 saturated heterocycles. The molecule has 1 N–H and O–H groups in total. The first-order valence-electron chi connectivity index (χ1n) is 8.85. The van der Waals surface area contributed by atoms with Crippen LogP contribution in [0.4, 0.5) is 0 Å². The Kier molecular flexibility index (Phi) is 5.58. The van der Waals surface area contributed by atoms with Gasteiger partial charge >= 0.3 is 0 Å². The van der Waals surface area contributed by atoms with Crippen molar-refractivity contribution < 1.29 is 14.6 Å². The summed E-state index contributed by atoms with van der Waals surface area (Å²) in [6.45, 7) is 4.40. The highest BCUT2D eigenvalue weighted by molar-refractivity contribution is 5.94. The number of hydrogen-bond donors (Lipinski definition) is 1. The number of ether oxygens (including phenoxy) is 1. The van der Waals surface area contributed by atoms with E-state index in [1.807, 2.05) is 13.2 Å². The average molecular weight is 358 g/mol. The van der Waals surface area contributed by atoms with Gasteiger partial charge < -0.3 is 19.3 Å². The number of β-amino-alcohol motifs (C(OH)–C–C–N with tert-alkyl or cyclic N) is 1. The van der Waals surface area contributed by atoms with Gasteiger partial charge in [-0.25, -0.2) is 4.98 Å². The second-order valence-corrected chi connectivity index (χ2v) is 6.62. The number of aryl methyl sites for hydroxylation is 1. The molecule has 1 aromatic heterocycles. The van der Waals surface area contributed by atoms with Crippen LogP contribution in [-0.2, 0) is 13.1 Å². The third-order valence-electron chi connectivity index (χ3n) is 4.98. The molecule has 1 aromatic carbocycles. The second-order valence-electron chi connectivity index (χ2n) is 6.62. The predicted octanol–water partition coefficient (Wildman–Crippen LogP) is 1.23. The molecule has 1 fully saturated rings. The number of carbonyl (C=O) groups is 1. The van der Waals surface area contributed by atoms with E-state index in [-0.39, 0.29) is 11.9 Å². The molecule has 1 amide bonds. The maximum absolute atomic E-state index is 12.7. The fraction of sp³-hybridized carbons (Fsp3) is 0.474. The molecule has 7 nitrogen and oxygen atoms in total. The van der Waals surface area contributed by atoms with E-state index in [1.54, 1.807) is 42.5 Å².